The van der Waals surface area contributed by atoms with Gasteiger partial charge in [0.25, 0.3) is 0 Å². The van der Waals surface area contributed by atoms with Gasteiger partial charge in [0.15, 0.2) is 5.96 Å². The van der Waals surface area contributed by atoms with E-state index >= 15 is 0 Å². The van der Waals surface area contributed by atoms with Gasteiger partial charge in [0.2, 0.25) is 0 Å². The highest BCUT2D eigenvalue weighted by Crippen LogP contribution is 2.26. The van der Waals surface area contributed by atoms with Crippen molar-refractivity contribution < 1.29 is 4.74 Å². The molecule has 3 rings (SSSR count). The van der Waals surface area contributed by atoms with Gasteiger partial charge in [-0.25, -0.2) is 0 Å². The second-order valence-corrected chi connectivity index (χ2v) is 8.21. The van der Waals surface area contributed by atoms with Crippen LogP contribution in [0, 0.1) is 5.92 Å². The average molecular weight is 387 g/mol. The van der Waals surface area contributed by atoms with Crippen molar-refractivity contribution in [1.29, 1.82) is 0 Å². The molecular weight excluding hydrogens is 348 g/mol. The van der Waals surface area contributed by atoms with Gasteiger partial charge in [-0.1, -0.05) is 37.3 Å². The Morgan fingerprint density at radius 3 is 2.39 bits per heavy atom. The second kappa shape index (κ2) is 10.8. The van der Waals surface area contributed by atoms with Gasteiger partial charge in [0, 0.05) is 33.3 Å². The van der Waals surface area contributed by atoms with Crippen LogP contribution in [-0.4, -0.2) is 68.2 Å². The lowest BCUT2D eigenvalue weighted by atomic mass is 9.95. The molecule has 5 heteroatoms. The Bertz CT molecular complexity index is 590. The van der Waals surface area contributed by atoms with E-state index in [1.165, 1.54) is 31.5 Å². The summed E-state index contributed by atoms with van der Waals surface area (Å²) in [4.78, 5) is 9.61. The van der Waals surface area contributed by atoms with Crippen molar-refractivity contribution in [3.05, 3.63) is 35.9 Å². The Morgan fingerprint density at radius 2 is 1.79 bits per heavy atom. The van der Waals surface area contributed by atoms with E-state index in [-0.39, 0.29) is 0 Å². The fourth-order valence-corrected chi connectivity index (χ4v) is 4.46. The maximum Gasteiger partial charge on any atom is 0.193 e. The highest BCUT2D eigenvalue weighted by molar-refractivity contribution is 5.80. The SMILES string of the molecule is CCOC1CCN(C(=NC)NCC(c2ccccc2)N2CCC(C)CC2)CC1. The summed E-state index contributed by atoms with van der Waals surface area (Å²) in [7, 11) is 1.90. The smallest absolute Gasteiger partial charge is 0.193 e. The maximum atomic E-state index is 5.79. The van der Waals surface area contributed by atoms with E-state index in [2.05, 4.69) is 64.3 Å². The molecule has 2 heterocycles. The molecule has 1 unspecified atom stereocenters. The van der Waals surface area contributed by atoms with Gasteiger partial charge in [-0.3, -0.25) is 9.89 Å². The van der Waals surface area contributed by atoms with E-state index in [1.807, 2.05) is 7.05 Å². The van der Waals surface area contributed by atoms with E-state index < -0.39 is 0 Å². The van der Waals surface area contributed by atoms with E-state index in [0.717, 1.165) is 51.0 Å². The van der Waals surface area contributed by atoms with Crippen molar-refractivity contribution in [3.63, 3.8) is 0 Å². The molecule has 1 aromatic carbocycles. The van der Waals surface area contributed by atoms with Crippen molar-refractivity contribution in [2.24, 2.45) is 10.9 Å². The van der Waals surface area contributed by atoms with Crippen LogP contribution < -0.4 is 5.32 Å². The molecule has 1 atom stereocenters. The largest absolute Gasteiger partial charge is 0.378 e. The van der Waals surface area contributed by atoms with Gasteiger partial charge in [-0.2, -0.15) is 0 Å². The lowest BCUT2D eigenvalue weighted by Gasteiger charge is -2.38. The number of hydrogen-bond donors (Lipinski definition) is 1. The predicted molar refractivity (Wildman–Crippen MR) is 117 cm³/mol. The Hall–Kier alpha value is -1.59. The van der Waals surface area contributed by atoms with Crippen LogP contribution in [0.2, 0.25) is 0 Å². The number of nitrogens with zero attached hydrogens (tertiary/aromatic N) is 3. The third-order valence-corrected chi connectivity index (χ3v) is 6.25. The Morgan fingerprint density at radius 1 is 1.11 bits per heavy atom. The van der Waals surface area contributed by atoms with Gasteiger partial charge in [0.05, 0.1) is 12.1 Å². The summed E-state index contributed by atoms with van der Waals surface area (Å²) in [6.45, 7) is 10.6. The predicted octanol–water partition coefficient (Wildman–Crippen LogP) is 3.54. The zero-order chi connectivity index (χ0) is 19.8. The normalized spacial score (nSPS) is 21.7. The minimum atomic E-state index is 0.395. The van der Waals surface area contributed by atoms with Crippen LogP contribution in [0.25, 0.3) is 0 Å². The minimum Gasteiger partial charge on any atom is -0.378 e. The van der Waals surface area contributed by atoms with Crippen LogP contribution in [0.3, 0.4) is 0 Å². The van der Waals surface area contributed by atoms with E-state index in [1.54, 1.807) is 0 Å². The summed E-state index contributed by atoms with van der Waals surface area (Å²) >= 11 is 0. The van der Waals surface area contributed by atoms with Crippen molar-refractivity contribution in [1.82, 2.24) is 15.1 Å². The van der Waals surface area contributed by atoms with E-state index in [9.17, 15) is 0 Å². The number of likely N-dealkylation sites (tertiary alicyclic amines) is 2. The molecule has 28 heavy (non-hydrogen) atoms. The number of guanidine groups is 1. The summed E-state index contributed by atoms with van der Waals surface area (Å²) in [5.41, 5.74) is 1.40. The van der Waals surface area contributed by atoms with Crippen molar-refractivity contribution in [2.45, 2.75) is 51.7 Å². The molecule has 0 radical (unpaired) electrons. The topological polar surface area (TPSA) is 40.1 Å². The minimum absolute atomic E-state index is 0.395. The first kappa shape index (κ1) is 21.1. The number of aliphatic imine (C=N–C) groups is 1. The van der Waals surface area contributed by atoms with Crippen LogP contribution in [0.4, 0.5) is 0 Å². The van der Waals surface area contributed by atoms with Crippen molar-refractivity contribution in [3.8, 4) is 0 Å². The molecule has 0 aliphatic carbocycles. The van der Waals surface area contributed by atoms with Crippen LogP contribution in [0.1, 0.15) is 51.1 Å². The molecule has 1 N–H and O–H groups in total. The Kier molecular flexibility index (Phi) is 8.16. The molecule has 2 aliphatic heterocycles. The molecule has 156 valence electrons. The summed E-state index contributed by atoms with van der Waals surface area (Å²) in [5, 5.41) is 3.69. The molecule has 2 aliphatic rings. The van der Waals surface area contributed by atoms with Crippen LogP contribution >= 0.6 is 0 Å². The molecular formula is C23H38N4O. The Balaban J connectivity index is 1.61. The molecule has 5 nitrogen and oxygen atoms in total. The van der Waals surface area contributed by atoms with E-state index in [0.29, 0.717) is 12.1 Å². The van der Waals surface area contributed by atoms with E-state index in [4.69, 9.17) is 4.74 Å². The highest BCUT2D eigenvalue weighted by atomic mass is 16.5. The number of benzene rings is 1. The molecule has 0 spiro atoms. The first-order chi connectivity index (χ1) is 13.7. The first-order valence-electron chi connectivity index (χ1n) is 11.1. The number of nitrogens with one attached hydrogen (secondary N) is 1. The Labute approximate surface area is 171 Å². The van der Waals surface area contributed by atoms with Gasteiger partial charge >= 0.3 is 0 Å². The van der Waals surface area contributed by atoms with Gasteiger partial charge in [-0.15, -0.1) is 0 Å². The quantitative estimate of drug-likeness (QED) is 0.600. The molecule has 1 aromatic rings. The van der Waals surface area contributed by atoms with Crippen molar-refractivity contribution in [2.75, 3.05) is 46.4 Å². The third kappa shape index (κ3) is 5.71. The average Bonchev–Trinajstić information content (AvgIpc) is 2.74. The maximum absolute atomic E-state index is 5.79. The summed E-state index contributed by atoms with van der Waals surface area (Å²) in [5.74, 6) is 1.88. The second-order valence-electron chi connectivity index (χ2n) is 8.21. The highest BCUT2D eigenvalue weighted by Gasteiger charge is 2.26. The summed E-state index contributed by atoms with van der Waals surface area (Å²) < 4.78 is 5.79. The van der Waals surface area contributed by atoms with Crippen LogP contribution in [-0.2, 0) is 4.74 Å². The number of ether oxygens (including phenoxy) is 1. The fraction of sp³-hybridized carbons (Fsp3) is 0.696. The summed E-state index contributed by atoms with van der Waals surface area (Å²) in [6, 6.07) is 11.3. The zero-order valence-corrected chi connectivity index (χ0v) is 17.9. The monoisotopic (exact) mass is 386 g/mol. The molecule has 2 fully saturated rings. The fourth-order valence-electron chi connectivity index (χ4n) is 4.46. The molecule has 0 saturated carbocycles. The van der Waals surface area contributed by atoms with Crippen molar-refractivity contribution >= 4 is 5.96 Å². The molecule has 2 saturated heterocycles. The van der Waals surface area contributed by atoms with Crippen LogP contribution in [0.5, 0.6) is 0 Å². The first-order valence-corrected chi connectivity index (χ1v) is 11.1. The lowest BCUT2D eigenvalue weighted by Crippen LogP contribution is -2.49. The van der Waals surface area contributed by atoms with Crippen LogP contribution in [0.15, 0.2) is 35.3 Å². The molecule has 0 amide bonds. The number of rotatable bonds is 6. The lowest BCUT2D eigenvalue weighted by molar-refractivity contribution is 0.0262. The number of piperidine rings is 2. The third-order valence-electron chi connectivity index (χ3n) is 6.25. The van der Waals surface area contributed by atoms with Gasteiger partial charge < -0.3 is 15.0 Å². The molecule has 0 bridgehead atoms. The number of hydrogen-bond acceptors (Lipinski definition) is 3. The van der Waals surface area contributed by atoms with Gasteiger partial charge in [0.1, 0.15) is 0 Å². The molecule has 0 aromatic heterocycles. The summed E-state index contributed by atoms with van der Waals surface area (Å²) in [6.07, 6.45) is 5.17. The zero-order valence-electron chi connectivity index (χ0n) is 17.9. The van der Waals surface area contributed by atoms with Gasteiger partial charge in [-0.05, 0) is 57.2 Å². The standard InChI is InChI=1S/C23H38N4O/c1-4-28-21-12-16-27(17-13-21)23(24-3)25-18-22(20-8-6-5-7-9-20)26-14-10-19(2)11-15-26/h5-9,19,21-22H,4,10-18H2,1-3H3,(H,24,25).